The molecule has 0 aliphatic rings. The van der Waals surface area contributed by atoms with E-state index in [1.807, 2.05) is 6.08 Å². The van der Waals surface area contributed by atoms with Crippen molar-refractivity contribution < 1.29 is 24.2 Å². The zero-order valence-electron chi connectivity index (χ0n) is 27.5. The third-order valence-electron chi connectivity index (χ3n) is 6.52. The van der Waals surface area contributed by atoms with Crippen molar-refractivity contribution in [3.63, 3.8) is 0 Å². The normalized spacial score (nSPS) is 13.1. The second kappa shape index (κ2) is 32.5. The van der Waals surface area contributed by atoms with Crippen LogP contribution in [0.2, 0.25) is 0 Å². The maximum Gasteiger partial charge on any atom is 0.322 e. The van der Waals surface area contributed by atoms with Gasteiger partial charge in [-0.1, -0.05) is 112 Å². The lowest BCUT2D eigenvalue weighted by atomic mass is 10.1. The Kier molecular flexibility index (Phi) is 30.0. The van der Waals surface area contributed by atoms with Crippen LogP contribution >= 0.6 is 0 Å². The van der Waals surface area contributed by atoms with Gasteiger partial charge in [0.15, 0.2) is 0 Å². The maximum atomic E-state index is 12.5. The highest BCUT2D eigenvalue weighted by Crippen LogP contribution is 2.13. The minimum Gasteiger partial charge on any atom is -0.480 e. The van der Waals surface area contributed by atoms with E-state index in [0.29, 0.717) is 19.3 Å². The number of carbonyl (C=O) groups is 3. The molecule has 6 heteroatoms. The molecule has 0 saturated heterocycles. The van der Waals surface area contributed by atoms with Gasteiger partial charge < -0.3 is 15.2 Å². The summed E-state index contributed by atoms with van der Waals surface area (Å²) < 4.78 is 5.79. The predicted octanol–water partition coefficient (Wildman–Crippen LogP) is 9.66. The second-order valence-corrected chi connectivity index (χ2v) is 10.7. The molecule has 0 spiro atoms. The van der Waals surface area contributed by atoms with Gasteiger partial charge in [0, 0.05) is 12.8 Å². The lowest BCUT2D eigenvalue weighted by Crippen LogP contribution is -2.28. The van der Waals surface area contributed by atoms with Gasteiger partial charge in [-0.25, -0.2) is 0 Å². The van der Waals surface area contributed by atoms with Crippen molar-refractivity contribution in [1.29, 1.82) is 0 Å². The van der Waals surface area contributed by atoms with Crippen molar-refractivity contribution in [2.24, 2.45) is 0 Å². The average molecular weight is 610 g/mol. The molecular formula is C38H59NO5. The number of aliphatic carboxylic acids is 1. The average Bonchev–Trinajstić information content (AvgIpc) is 3.00. The molecule has 0 bridgehead atoms. The highest BCUT2D eigenvalue weighted by molar-refractivity contribution is 5.80. The molecule has 1 atom stereocenters. The van der Waals surface area contributed by atoms with Crippen LogP contribution in [0.15, 0.2) is 85.1 Å². The van der Waals surface area contributed by atoms with E-state index in [1.165, 1.54) is 0 Å². The Morgan fingerprint density at radius 3 is 1.77 bits per heavy atom. The summed E-state index contributed by atoms with van der Waals surface area (Å²) in [5, 5.41) is 11.0. The van der Waals surface area contributed by atoms with Crippen molar-refractivity contribution in [3.8, 4) is 0 Å². The number of ether oxygens (including phenoxy) is 1. The number of unbranched alkanes of at least 4 members (excludes halogenated alkanes) is 5. The second-order valence-electron chi connectivity index (χ2n) is 10.7. The number of amides is 1. The third-order valence-corrected chi connectivity index (χ3v) is 6.52. The van der Waals surface area contributed by atoms with Crippen LogP contribution in [-0.2, 0) is 19.1 Å². The van der Waals surface area contributed by atoms with Crippen LogP contribution in [0.4, 0.5) is 0 Å². The number of carbonyl (C=O) groups excluding carboxylic acids is 2. The molecule has 246 valence electrons. The molecule has 0 aromatic heterocycles. The highest BCUT2D eigenvalue weighted by Gasteiger charge is 2.11. The molecule has 0 aliphatic carbocycles. The van der Waals surface area contributed by atoms with E-state index in [9.17, 15) is 14.4 Å². The quantitative estimate of drug-likeness (QED) is 0.0523. The van der Waals surface area contributed by atoms with E-state index >= 15 is 0 Å². The number of nitrogens with one attached hydrogen (secondary N) is 1. The Morgan fingerprint density at radius 1 is 0.636 bits per heavy atom. The fourth-order valence-corrected chi connectivity index (χ4v) is 4.09. The molecule has 1 amide bonds. The standard InChI is InChI=1S/C38H59NO5/c1-3-5-7-9-11-12-13-14-15-16-17-18-19-20-21-23-29-33-38(43)44-35(30-26-22-10-8-6-4-2)31-27-24-25-28-32-36(40)39-34-37(41)42/h5,7-8,10-12,14-15,17-18,20-21,26,30,35H,3-4,6,9,13,16,19,22-25,27-29,31-34H2,1-2H3,(H,39,40)(H,41,42)/b7-5-,10-8-,12-11-,15-14-,18-17-,21-20-,30-26-. The number of carboxylic acids is 1. The van der Waals surface area contributed by atoms with Crippen LogP contribution in [-0.4, -0.2) is 35.6 Å². The summed E-state index contributed by atoms with van der Waals surface area (Å²) in [6.07, 6.45) is 44.4. The van der Waals surface area contributed by atoms with Gasteiger partial charge in [-0.05, 0) is 83.1 Å². The van der Waals surface area contributed by atoms with Crippen LogP contribution in [0.25, 0.3) is 0 Å². The first-order chi connectivity index (χ1) is 21.5. The van der Waals surface area contributed by atoms with Crippen molar-refractivity contribution in [1.82, 2.24) is 5.32 Å². The lowest BCUT2D eigenvalue weighted by Gasteiger charge is -2.14. The van der Waals surface area contributed by atoms with Crippen LogP contribution in [0.5, 0.6) is 0 Å². The van der Waals surface area contributed by atoms with Gasteiger partial charge in [-0.15, -0.1) is 0 Å². The molecule has 2 N–H and O–H groups in total. The van der Waals surface area contributed by atoms with Gasteiger partial charge in [0.2, 0.25) is 5.91 Å². The molecule has 0 fully saturated rings. The minimum absolute atomic E-state index is 0.163. The van der Waals surface area contributed by atoms with Gasteiger partial charge in [0.1, 0.15) is 12.6 Å². The minimum atomic E-state index is -1.04. The van der Waals surface area contributed by atoms with E-state index < -0.39 is 5.97 Å². The van der Waals surface area contributed by atoms with Crippen LogP contribution in [0, 0.1) is 0 Å². The summed E-state index contributed by atoms with van der Waals surface area (Å²) in [5.41, 5.74) is 0. The fourth-order valence-electron chi connectivity index (χ4n) is 4.09. The van der Waals surface area contributed by atoms with Crippen molar-refractivity contribution in [2.45, 2.75) is 129 Å². The molecule has 6 nitrogen and oxygen atoms in total. The zero-order valence-corrected chi connectivity index (χ0v) is 27.5. The summed E-state index contributed by atoms with van der Waals surface area (Å²) in [4.78, 5) is 34.7. The van der Waals surface area contributed by atoms with Crippen molar-refractivity contribution >= 4 is 17.8 Å². The number of rotatable bonds is 28. The largest absolute Gasteiger partial charge is 0.480 e. The molecule has 0 saturated carbocycles. The topological polar surface area (TPSA) is 92.7 Å². The molecule has 0 aromatic carbocycles. The Balaban J connectivity index is 4.26. The number of allylic oxidation sites excluding steroid dienone is 13. The fraction of sp³-hybridized carbons (Fsp3) is 0.553. The summed E-state index contributed by atoms with van der Waals surface area (Å²) in [7, 11) is 0. The van der Waals surface area contributed by atoms with Gasteiger partial charge in [0.25, 0.3) is 0 Å². The van der Waals surface area contributed by atoms with Gasteiger partial charge in [-0.3, -0.25) is 14.4 Å². The number of hydrogen-bond acceptors (Lipinski definition) is 4. The van der Waals surface area contributed by atoms with Gasteiger partial charge in [0.05, 0.1) is 0 Å². The molecule has 0 aromatic rings. The zero-order chi connectivity index (χ0) is 32.4. The van der Waals surface area contributed by atoms with E-state index in [-0.39, 0.29) is 24.5 Å². The van der Waals surface area contributed by atoms with E-state index in [4.69, 9.17) is 9.84 Å². The SMILES string of the molecule is CC/C=C\C/C=C\C/C=C\C/C=C\C/C=C\CCCC(=O)OC(/C=C\C/C=C\CCC)CCCCCCC(=O)NCC(=O)O. The summed E-state index contributed by atoms with van der Waals surface area (Å²) in [5.74, 6) is -1.44. The van der Waals surface area contributed by atoms with E-state index in [1.54, 1.807) is 0 Å². The molecule has 0 aliphatic heterocycles. The van der Waals surface area contributed by atoms with Crippen LogP contribution < -0.4 is 5.32 Å². The lowest BCUT2D eigenvalue weighted by molar-refractivity contribution is -0.147. The molecular weight excluding hydrogens is 550 g/mol. The number of esters is 1. The highest BCUT2D eigenvalue weighted by atomic mass is 16.5. The molecule has 0 heterocycles. The molecule has 1 unspecified atom stereocenters. The predicted molar refractivity (Wildman–Crippen MR) is 184 cm³/mol. The van der Waals surface area contributed by atoms with Crippen LogP contribution in [0.3, 0.4) is 0 Å². The summed E-state index contributed by atoms with van der Waals surface area (Å²) in [6.45, 7) is 3.96. The Labute approximate surface area is 267 Å². The van der Waals surface area contributed by atoms with E-state index in [0.717, 1.165) is 89.9 Å². The number of hydrogen-bond donors (Lipinski definition) is 2. The molecule has 44 heavy (non-hydrogen) atoms. The van der Waals surface area contributed by atoms with Gasteiger partial charge >= 0.3 is 11.9 Å². The summed E-state index contributed by atoms with van der Waals surface area (Å²) >= 11 is 0. The Hall–Kier alpha value is -3.41. The van der Waals surface area contributed by atoms with Crippen molar-refractivity contribution in [2.75, 3.05) is 6.54 Å². The van der Waals surface area contributed by atoms with E-state index in [2.05, 4.69) is 98.2 Å². The first kappa shape index (κ1) is 40.6. The Morgan fingerprint density at radius 2 is 1.18 bits per heavy atom. The maximum absolute atomic E-state index is 12.5. The van der Waals surface area contributed by atoms with Gasteiger partial charge in [-0.2, -0.15) is 0 Å². The first-order valence-corrected chi connectivity index (χ1v) is 16.7. The number of carboxylic acid groups (broad SMARTS) is 1. The van der Waals surface area contributed by atoms with Crippen LogP contribution in [0.1, 0.15) is 123 Å². The monoisotopic (exact) mass is 609 g/mol. The smallest absolute Gasteiger partial charge is 0.322 e. The molecule has 0 radical (unpaired) electrons. The van der Waals surface area contributed by atoms with Crippen molar-refractivity contribution in [3.05, 3.63) is 85.1 Å². The summed E-state index contributed by atoms with van der Waals surface area (Å²) in [6, 6.07) is 0. The first-order valence-electron chi connectivity index (χ1n) is 16.7. The Bertz CT molecular complexity index is 939. The third kappa shape index (κ3) is 31.5. The molecule has 0 rings (SSSR count).